The van der Waals surface area contributed by atoms with Gasteiger partial charge in [-0.3, -0.25) is 9.59 Å². The summed E-state index contributed by atoms with van der Waals surface area (Å²) in [7, 11) is 1.81. The molecule has 1 aliphatic heterocycles. The molecule has 4 nitrogen and oxygen atoms in total. The molecule has 0 bridgehead atoms. The molecule has 0 spiro atoms. The molecule has 1 fully saturated rings. The van der Waals surface area contributed by atoms with Crippen LogP contribution < -0.4 is 4.90 Å². The first-order valence-corrected chi connectivity index (χ1v) is 8.21. The first-order valence-electron chi connectivity index (χ1n) is 7.33. The van der Waals surface area contributed by atoms with Crippen LogP contribution in [0.15, 0.2) is 41.8 Å². The minimum atomic E-state index is -0.00676. The molecule has 0 aliphatic carbocycles. The van der Waals surface area contributed by atoms with Crippen molar-refractivity contribution in [3.63, 3.8) is 0 Å². The monoisotopic (exact) mass is 314 g/mol. The second-order valence-corrected chi connectivity index (χ2v) is 6.47. The summed E-state index contributed by atoms with van der Waals surface area (Å²) in [5.74, 6) is 0.154. The third kappa shape index (κ3) is 3.04. The van der Waals surface area contributed by atoms with Gasteiger partial charge in [-0.05, 0) is 42.1 Å². The normalized spacial score (nSPS) is 14.4. The van der Waals surface area contributed by atoms with E-state index >= 15 is 0 Å². The van der Waals surface area contributed by atoms with Gasteiger partial charge in [-0.15, -0.1) is 11.3 Å². The molecule has 0 saturated carbocycles. The Morgan fingerprint density at radius 3 is 2.64 bits per heavy atom. The van der Waals surface area contributed by atoms with E-state index in [2.05, 4.69) is 0 Å². The molecule has 1 saturated heterocycles. The summed E-state index contributed by atoms with van der Waals surface area (Å²) >= 11 is 1.65. The average Bonchev–Trinajstić information content (AvgIpc) is 3.18. The van der Waals surface area contributed by atoms with Crippen molar-refractivity contribution in [1.29, 1.82) is 0 Å². The second kappa shape index (κ2) is 6.32. The van der Waals surface area contributed by atoms with Gasteiger partial charge in [0.25, 0.3) is 5.91 Å². The first-order chi connectivity index (χ1) is 10.6. The highest BCUT2D eigenvalue weighted by Crippen LogP contribution is 2.22. The van der Waals surface area contributed by atoms with Gasteiger partial charge >= 0.3 is 0 Å². The lowest BCUT2D eigenvalue weighted by Gasteiger charge is -2.18. The first kappa shape index (κ1) is 14.8. The Balaban J connectivity index is 1.69. The van der Waals surface area contributed by atoms with Gasteiger partial charge in [0.05, 0.1) is 6.54 Å². The van der Waals surface area contributed by atoms with Gasteiger partial charge in [-0.2, -0.15) is 0 Å². The van der Waals surface area contributed by atoms with E-state index in [-0.39, 0.29) is 11.8 Å². The molecule has 3 rings (SSSR count). The van der Waals surface area contributed by atoms with Crippen LogP contribution in [0.3, 0.4) is 0 Å². The molecule has 1 aromatic carbocycles. The summed E-state index contributed by atoms with van der Waals surface area (Å²) in [5, 5.41) is 2.01. The van der Waals surface area contributed by atoms with Crippen LogP contribution in [0.2, 0.25) is 0 Å². The summed E-state index contributed by atoms with van der Waals surface area (Å²) in [5.41, 5.74) is 1.52. The van der Waals surface area contributed by atoms with E-state index in [0.717, 1.165) is 23.5 Å². The van der Waals surface area contributed by atoms with E-state index in [0.29, 0.717) is 18.5 Å². The maximum absolute atomic E-state index is 12.4. The van der Waals surface area contributed by atoms with Crippen molar-refractivity contribution >= 4 is 28.8 Å². The van der Waals surface area contributed by atoms with Gasteiger partial charge in [0.15, 0.2) is 0 Å². The molecule has 0 N–H and O–H groups in total. The van der Waals surface area contributed by atoms with Gasteiger partial charge in [-0.1, -0.05) is 6.07 Å². The van der Waals surface area contributed by atoms with Crippen molar-refractivity contribution in [3.8, 4) is 0 Å². The Labute approximate surface area is 134 Å². The molecule has 0 atom stereocenters. The molecule has 2 heterocycles. The predicted octanol–water partition coefficient (Wildman–Crippen LogP) is 3.15. The SMILES string of the molecule is CN(Cc1cccs1)C(=O)c1ccc(N2CCCC2=O)cc1. The Bertz CT molecular complexity index is 664. The molecular formula is C17H18N2O2S. The number of hydrogen-bond donors (Lipinski definition) is 0. The van der Waals surface area contributed by atoms with Crippen LogP contribution in [0.25, 0.3) is 0 Å². The van der Waals surface area contributed by atoms with E-state index in [1.54, 1.807) is 40.3 Å². The third-order valence-corrected chi connectivity index (χ3v) is 4.68. The standard InChI is InChI=1S/C17H18N2O2S/c1-18(12-15-4-3-11-22-15)17(21)13-6-8-14(9-7-13)19-10-2-5-16(19)20/h3-4,6-9,11H,2,5,10,12H2,1H3. The van der Waals surface area contributed by atoms with Gasteiger partial charge in [0.1, 0.15) is 0 Å². The highest BCUT2D eigenvalue weighted by Gasteiger charge is 2.22. The van der Waals surface area contributed by atoms with E-state index in [4.69, 9.17) is 0 Å². The predicted molar refractivity (Wildman–Crippen MR) is 88.1 cm³/mol. The zero-order valence-corrected chi connectivity index (χ0v) is 13.3. The quantitative estimate of drug-likeness (QED) is 0.870. The summed E-state index contributed by atoms with van der Waals surface area (Å²) in [6, 6.07) is 11.3. The van der Waals surface area contributed by atoms with Crippen LogP contribution in [0.5, 0.6) is 0 Å². The van der Waals surface area contributed by atoms with E-state index in [1.807, 2.05) is 29.6 Å². The van der Waals surface area contributed by atoms with Crippen LogP contribution in [0.4, 0.5) is 5.69 Å². The number of hydrogen-bond acceptors (Lipinski definition) is 3. The number of thiophene rings is 1. The summed E-state index contributed by atoms with van der Waals surface area (Å²) in [6.07, 6.45) is 1.52. The Kier molecular flexibility index (Phi) is 4.24. The van der Waals surface area contributed by atoms with Gasteiger partial charge in [0.2, 0.25) is 5.91 Å². The van der Waals surface area contributed by atoms with Crippen molar-refractivity contribution in [1.82, 2.24) is 4.90 Å². The van der Waals surface area contributed by atoms with Gasteiger partial charge < -0.3 is 9.80 Å². The third-order valence-electron chi connectivity index (χ3n) is 3.82. The molecule has 0 radical (unpaired) electrons. The van der Waals surface area contributed by atoms with Crippen LogP contribution in [0.1, 0.15) is 28.1 Å². The maximum atomic E-state index is 12.4. The lowest BCUT2D eigenvalue weighted by atomic mass is 10.1. The highest BCUT2D eigenvalue weighted by molar-refractivity contribution is 7.09. The fourth-order valence-electron chi connectivity index (χ4n) is 2.63. The Morgan fingerprint density at radius 2 is 2.05 bits per heavy atom. The Morgan fingerprint density at radius 1 is 1.27 bits per heavy atom. The molecule has 22 heavy (non-hydrogen) atoms. The minimum Gasteiger partial charge on any atom is -0.337 e. The van der Waals surface area contributed by atoms with E-state index in [1.165, 1.54) is 0 Å². The number of carbonyl (C=O) groups is 2. The van der Waals surface area contributed by atoms with Crippen molar-refractivity contribution in [2.24, 2.45) is 0 Å². The minimum absolute atomic E-state index is 0.00676. The van der Waals surface area contributed by atoms with E-state index in [9.17, 15) is 9.59 Å². The maximum Gasteiger partial charge on any atom is 0.253 e. The van der Waals surface area contributed by atoms with Crippen molar-refractivity contribution in [3.05, 3.63) is 52.2 Å². The summed E-state index contributed by atoms with van der Waals surface area (Å²) < 4.78 is 0. The van der Waals surface area contributed by atoms with Gasteiger partial charge in [0, 0.05) is 36.1 Å². The summed E-state index contributed by atoms with van der Waals surface area (Å²) in [6.45, 7) is 1.38. The van der Waals surface area contributed by atoms with Crippen molar-refractivity contribution in [2.45, 2.75) is 19.4 Å². The highest BCUT2D eigenvalue weighted by atomic mass is 32.1. The molecule has 114 valence electrons. The van der Waals surface area contributed by atoms with Crippen LogP contribution >= 0.6 is 11.3 Å². The zero-order chi connectivity index (χ0) is 15.5. The number of nitrogens with zero attached hydrogens (tertiary/aromatic N) is 2. The smallest absolute Gasteiger partial charge is 0.253 e. The molecule has 2 aromatic rings. The molecular weight excluding hydrogens is 296 g/mol. The van der Waals surface area contributed by atoms with E-state index < -0.39 is 0 Å². The fraction of sp³-hybridized carbons (Fsp3) is 0.294. The largest absolute Gasteiger partial charge is 0.337 e. The number of carbonyl (C=O) groups excluding carboxylic acids is 2. The second-order valence-electron chi connectivity index (χ2n) is 5.44. The number of benzene rings is 1. The van der Waals surface area contributed by atoms with Crippen molar-refractivity contribution < 1.29 is 9.59 Å². The average molecular weight is 314 g/mol. The number of rotatable bonds is 4. The molecule has 1 aromatic heterocycles. The van der Waals surface area contributed by atoms with Gasteiger partial charge in [-0.25, -0.2) is 0 Å². The topological polar surface area (TPSA) is 40.6 Å². The Hall–Kier alpha value is -2.14. The van der Waals surface area contributed by atoms with Crippen LogP contribution in [-0.2, 0) is 11.3 Å². The summed E-state index contributed by atoms with van der Waals surface area (Å²) in [4.78, 5) is 28.8. The number of amides is 2. The lowest BCUT2D eigenvalue weighted by Crippen LogP contribution is -2.26. The fourth-order valence-corrected chi connectivity index (χ4v) is 3.39. The number of anilines is 1. The zero-order valence-electron chi connectivity index (χ0n) is 12.5. The van der Waals surface area contributed by atoms with Crippen LogP contribution in [-0.4, -0.2) is 30.3 Å². The molecule has 2 amide bonds. The van der Waals surface area contributed by atoms with Crippen LogP contribution in [0, 0.1) is 0 Å². The molecule has 0 unspecified atom stereocenters. The molecule has 5 heteroatoms. The van der Waals surface area contributed by atoms with Crippen molar-refractivity contribution in [2.75, 3.05) is 18.5 Å². The molecule has 1 aliphatic rings. The lowest BCUT2D eigenvalue weighted by molar-refractivity contribution is -0.117.